The average molecular weight is 269 g/mol. The Balaban J connectivity index is 2.32. The van der Waals surface area contributed by atoms with Gasteiger partial charge in [-0.15, -0.1) is 0 Å². The van der Waals surface area contributed by atoms with Gasteiger partial charge in [-0.05, 0) is 6.92 Å². The van der Waals surface area contributed by atoms with E-state index in [2.05, 4.69) is 10.1 Å². The molecule has 6 nitrogen and oxygen atoms in total. The predicted octanol–water partition coefficient (Wildman–Crippen LogP) is 1.17. The highest BCUT2D eigenvalue weighted by molar-refractivity contribution is 6.30. The van der Waals surface area contributed by atoms with Gasteiger partial charge in [-0.1, -0.05) is 11.6 Å². The molecular weight excluding hydrogens is 256 g/mol. The third-order valence-electron chi connectivity index (χ3n) is 2.52. The van der Waals surface area contributed by atoms with Crippen molar-refractivity contribution in [2.24, 2.45) is 0 Å². The van der Waals surface area contributed by atoms with Crippen LogP contribution in [-0.4, -0.2) is 26.4 Å². The molecule has 0 aliphatic carbocycles. The molecule has 2 aromatic heterocycles. The minimum absolute atomic E-state index is 0.0575. The van der Waals surface area contributed by atoms with E-state index in [1.807, 2.05) is 13.1 Å². The lowest BCUT2D eigenvalue weighted by atomic mass is 10.3. The highest BCUT2D eigenvalue weighted by Crippen LogP contribution is 2.15. The molecule has 0 spiro atoms. The summed E-state index contributed by atoms with van der Waals surface area (Å²) in [4.78, 5) is 15.9. The maximum absolute atomic E-state index is 12.0. The molecular formula is C11H13ClN4O2. The molecule has 0 aliphatic rings. The largest absolute Gasteiger partial charge is 0.489 e. The van der Waals surface area contributed by atoms with Crippen LogP contribution in [0.2, 0.25) is 5.15 Å². The van der Waals surface area contributed by atoms with Crippen molar-refractivity contribution in [1.29, 1.82) is 0 Å². The third kappa shape index (κ3) is 2.38. The Kier molecular flexibility index (Phi) is 3.66. The van der Waals surface area contributed by atoms with Gasteiger partial charge in [-0.3, -0.25) is 14.0 Å². The number of rotatable bonds is 4. The number of ether oxygens (including phenoxy) is 1. The molecule has 2 heterocycles. The first kappa shape index (κ1) is 12.6. The monoisotopic (exact) mass is 268 g/mol. The van der Waals surface area contributed by atoms with Crippen molar-refractivity contribution in [2.75, 3.05) is 7.11 Å². The van der Waals surface area contributed by atoms with Gasteiger partial charge >= 0.3 is 0 Å². The maximum atomic E-state index is 12.0. The minimum Gasteiger partial charge on any atom is -0.489 e. The van der Waals surface area contributed by atoms with E-state index in [4.69, 9.17) is 16.3 Å². The van der Waals surface area contributed by atoms with E-state index >= 15 is 0 Å². The van der Waals surface area contributed by atoms with E-state index in [9.17, 15) is 4.79 Å². The summed E-state index contributed by atoms with van der Waals surface area (Å²) in [7, 11) is 1.39. The topological polar surface area (TPSA) is 61.9 Å². The van der Waals surface area contributed by atoms with Gasteiger partial charge in [0.1, 0.15) is 0 Å². The SMILES string of the molecule is CCn1cc(Cn2cnc(Cl)c(OC)c2=O)cn1. The summed E-state index contributed by atoms with van der Waals surface area (Å²) in [6.45, 7) is 3.17. The van der Waals surface area contributed by atoms with E-state index in [0.29, 0.717) is 6.54 Å². The number of nitrogens with zero attached hydrogens (tertiary/aromatic N) is 4. The summed E-state index contributed by atoms with van der Waals surface area (Å²) in [5.41, 5.74) is 0.617. The molecule has 96 valence electrons. The summed E-state index contributed by atoms with van der Waals surface area (Å²) < 4.78 is 8.16. The number of methoxy groups -OCH3 is 1. The molecule has 0 unspecified atom stereocenters. The van der Waals surface area contributed by atoms with E-state index < -0.39 is 0 Å². The van der Waals surface area contributed by atoms with Crippen LogP contribution in [0.25, 0.3) is 0 Å². The first-order valence-corrected chi connectivity index (χ1v) is 5.83. The van der Waals surface area contributed by atoms with Crippen LogP contribution < -0.4 is 10.3 Å². The smallest absolute Gasteiger partial charge is 0.297 e. The molecule has 0 N–H and O–H groups in total. The standard InChI is InChI=1S/C11H13ClN4O2/c1-3-16-6-8(4-14-16)5-15-7-13-10(12)9(18-2)11(15)17/h4,6-7H,3,5H2,1-2H3. The normalized spacial score (nSPS) is 10.6. The van der Waals surface area contributed by atoms with E-state index in [0.717, 1.165) is 12.1 Å². The van der Waals surface area contributed by atoms with Gasteiger partial charge in [-0.25, -0.2) is 4.98 Å². The Morgan fingerprint density at radius 2 is 2.28 bits per heavy atom. The molecule has 0 aromatic carbocycles. The second kappa shape index (κ2) is 5.22. The summed E-state index contributed by atoms with van der Waals surface area (Å²) >= 11 is 5.77. The maximum Gasteiger partial charge on any atom is 0.297 e. The van der Waals surface area contributed by atoms with Crippen LogP contribution in [0.15, 0.2) is 23.5 Å². The number of aryl methyl sites for hydroxylation is 1. The molecule has 0 saturated heterocycles. The Hall–Kier alpha value is -1.82. The second-order valence-electron chi connectivity index (χ2n) is 3.71. The molecule has 7 heteroatoms. The minimum atomic E-state index is -0.304. The molecule has 2 rings (SSSR count). The third-order valence-corrected chi connectivity index (χ3v) is 2.79. The summed E-state index contributed by atoms with van der Waals surface area (Å²) in [5, 5.41) is 4.22. The van der Waals surface area contributed by atoms with Gasteiger partial charge in [0.15, 0.2) is 5.15 Å². The summed E-state index contributed by atoms with van der Waals surface area (Å²) in [5.74, 6) is 0.0575. The fourth-order valence-corrected chi connectivity index (χ4v) is 1.79. The van der Waals surface area contributed by atoms with Gasteiger partial charge in [-0.2, -0.15) is 5.10 Å². The van der Waals surface area contributed by atoms with Crippen molar-refractivity contribution < 1.29 is 4.74 Å². The second-order valence-corrected chi connectivity index (χ2v) is 4.06. The fourth-order valence-electron chi connectivity index (χ4n) is 1.59. The van der Waals surface area contributed by atoms with Crippen LogP contribution in [0.5, 0.6) is 5.75 Å². The van der Waals surface area contributed by atoms with Crippen molar-refractivity contribution in [1.82, 2.24) is 19.3 Å². The van der Waals surface area contributed by atoms with Gasteiger partial charge in [0.25, 0.3) is 5.56 Å². The molecule has 0 atom stereocenters. The molecule has 2 aromatic rings. The molecule has 0 saturated carbocycles. The van der Waals surface area contributed by atoms with Crippen LogP contribution in [0, 0.1) is 0 Å². The van der Waals surface area contributed by atoms with Gasteiger partial charge < -0.3 is 4.74 Å². The van der Waals surface area contributed by atoms with Crippen molar-refractivity contribution >= 4 is 11.6 Å². The molecule has 0 bridgehead atoms. The molecule has 0 amide bonds. The van der Waals surface area contributed by atoms with Crippen LogP contribution in [0.4, 0.5) is 0 Å². The first-order chi connectivity index (χ1) is 8.65. The Labute approximate surface area is 109 Å². The van der Waals surface area contributed by atoms with Crippen molar-refractivity contribution in [2.45, 2.75) is 20.0 Å². The fraction of sp³-hybridized carbons (Fsp3) is 0.364. The lowest BCUT2D eigenvalue weighted by Crippen LogP contribution is -2.22. The van der Waals surface area contributed by atoms with Crippen LogP contribution >= 0.6 is 11.6 Å². The Morgan fingerprint density at radius 3 is 2.89 bits per heavy atom. The number of hydrogen-bond donors (Lipinski definition) is 0. The van der Waals surface area contributed by atoms with Crippen LogP contribution in [-0.2, 0) is 13.1 Å². The van der Waals surface area contributed by atoms with Gasteiger partial charge in [0, 0.05) is 18.3 Å². The van der Waals surface area contributed by atoms with E-state index in [-0.39, 0.29) is 16.5 Å². The van der Waals surface area contributed by atoms with E-state index in [1.165, 1.54) is 18.0 Å². The number of hydrogen-bond acceptors (Lipinski definition) is 4. The van der Waals surface area contributed by atoms with E-state index in [1.54, 1.807) is 10.9 Å². The summed E-state index contributed by atoms with van der Waals surface area (Å²) in [6.07, 6.45) is 5.00. The van der Waals surface area contributed by atoms with Crippen molar-refractivity contribution in [3.63, 3.8) is 0 Å². The first-order valence-electron chi connectivity index (χ1n) is 5.46. The summed E-state index contributed by atoms with van der Waals surface area (Å²) in [6, 6.07) is 0. The molecule has 0 aliphatic heterocycles. The van der Waals surface area contributed by atoms with Crippen LogP contribution in [0.1, 0.15) is 12.5 Å². The zero-order valence-corrected chi connectivity index (χ0v) is 10.9. The highest BCUT2D eigenvalue weighted by atomic mass is 35.5. The molecule has 0 fully saturated rings. The lowest BCUT2D eigenvalue weighted by molar-refractivity contribution is 0.401. The van der Waals surface area contributed by atoms with Crippen molar-refractivity contribution in [3.05, 3.63) is 39.8 Å². The molecule has 0 radical (unpaired) electrons. The number of aromatic nitrogens is 4. The Bertz CT molecular complexity index is 605. The predicted molar refractivity (Wildman–Crippen MR) is 67.1 cm³/mol. The Morgan fingerprint density at radius 1 is 1.50 bits per heavy atom. The zero-order chi connectivity index (χ0) is 13.1. The van der Waals surface area contributed by atoms with Crippen molar-refractivity contribution in [3.8, 4) is 5.75 Å². The zero-order valence-electron chi connectivity index (χ0n) is 10.1. The lowest BCUT2D eigenvalue weighted by Gasteiger charge is -2.06. The van der Waals surface area contributed by atoms with Gasteiger partial charge in [0.05, 0.1) is 26.2 Å². The molecule has 18 heavy (non-hydrogen) atoms. The van der Waals surface area contributed by atoms with Crippen LogP contribution in [0.3, 0.4) is 0 Å². The highest BCUT2D eigenvalue weighted by Gasteiger charge is 2.10. The number of halogens is 1. The quantitative estimate of drug-likeness (QED) is 0.781. The van der Waals surface area contributed by atoms with Gasteiger partial charge in [0.2, 0.25) is 5.75 Å². The average Bonchev–Trinajstić information content (AvgIpc) is 2.81.